The largest absolute Gasteiger partial charge is 0.497 e. The van der Waals surface area contributed by atoms with Gasteiger partial charge in [0.2, 0.25) is 0 Å². The third kappa shape index (κ3) is 2.95. The van der Waals surface area contributed by atoms with Crippen LogP contribution in [0.3, 0.4) is 0 Å². The van der Waals surface area contributed by atoms with Crippen molar-refractivity contribution in [2.24, 2.45) is 0 Å². The minimum Gasteiger partial charge on any atom is -0.497 e. The highest BCUT2D eigenvalue weighted by Crippen LogP contribution is 2.30. The summed E-state index contributed by atoms with van der Waals surface area (Å²) in [5, 5.41) is 0. The van der Waals surface area contributed by atoms with E-state index in [-0.39, 0.29) is 11.9 Å². The van der Waals surface area contributed by atoms with Crippen LogP contribution < -0.4 is 9.47 Å². The lowest BCUT2D eigenvalue weighted by Crippen LogP contribution is -2.27. The molecule has 21 heavy (non-hydrogen) atoms. The van der Waals surface area contributed by atoms with E-state index in [1.54, 1.807) is 7.11 Å². The molecule has 108 valence electrons. The van der Waals surface area contributed by atoms with Crippen molar-refractivity contribution in [1.29, 1.82) is 0 Å². The number of benzene rings is 2. The Bertz CT molecular complexity index is 656. The van der Waals surface area contributed by atoms with Crippen LogP contribution >= 0.6 is 15.9 Å². The van der Waals surface area contributed by atoms with Crippen LogP contribution in [0.2, 0.25) is 0 Å². The third-order valence-electron chi connectivity index (χ3n) is 3.62. The number of methoxy groups -OCH3 is 1. The van der Waals surface area contributed by atoms with Gasteiger partial charge in [-0.15, -0.1) is 0 Å². The summed E-state index contributed by atoms with van der Waals surface area (Å²) >= 11 is 3.48. The van der Waals surface area contributed by atoms with Gasteiger partial charge in [-0.2, -0.15) is 0 Å². The molecule has 1 aliphatic heterocycles. The van der Waals surface area contributed by atoms with Gasteiger partial charge in [0, 0.05) is 17.3 Å². The first kappa shape index (κ1) is 14.1. The molecule has 0 N–H and O–H groups in total. The molecule has 2 aromatic rings. The van der Waals surface area contributed by atoms with Crippen LogP contribution in [-0.2, 0) is 17.6 Å². The summed E-state index contributed by atoms with van der Waals surface area (Å²) in [6, 6.07) is 13.4. The van der Waals surface area contributed by atoms with E-state index in [0.29, 0.717) is 12.8 Å². The summed E-state index contributed by atoms with van der Waals surface area (Å²) in [7, 11) is 1.62. The van der Waals surface area contributed by atoms with E-state index in [4.69, 9.17) is 9.47 Å². The molecule has 1 heterocycles. The fourth-order valence-electron chi connectivity index (χ4n) is 2.48. The fraction of sp³-hybridized carbons (Fsp3) is 0.235. The van der Waals surface area contributed by atoms with E-state index in [1.807, 2.05) is 42.5 Å². The third-order valence-corrected chi connectivity index (χ3v) is 4.40. The second kappa shape index (κ2) is 5.90. The highest BCUT2D eigenvalue weighted by Gasteiger charge is 2.28. The SMILES string of the molecule is COc1ccc(Br)c(CC(=O)C2Cc3ccccc3O2)c1. The number of Topliss-reactive ketones (excluding diaryl/α,β-unsaturated/α-hetero) is 1. The molecule has 1 aliphatic rings. The first-order chi connectivity index (χ1) is 10.2. The zero-order chi connectivity index (χ0) is 14.8. The van der Waals surface area contributed by atoms with Gasteiger partial charge in [-0.3, -0.25) is 4.79 Å². The smallest absolute Gasteiger partial charge is 0.178 e. The molecule has 0 aliphatic carbocycles. The Morgan fingerprint density at radius 1 is 1.33 bits per heavy atom. The lowest BCUT2D eigenvalue weighted by atomic mass is 10.0. The average Bonchev–Trinajstić information content (AvgIpc) is 2.93. The predicted molar refractivity (Wildman–Crippen MR) is 84.0 cm³/mol. The molecule has 3 rings (SSSR count). The first-order valence-corrected chi connectivity index (χ1v) is 7.56. The van der Waals surface area contributed by atoms with Crippen LogP contribution in [0.25, 0.3) is 0 Å². The molecule has 0 bridgehead atoms. The quantitative estimate of drug-likeness (QED) is 0.848. The van der Waals surface area contributed by atoms with E-state index in [1.165, 1.54) is 0 Å². The molecule has 0 spiro atoms. The van der Waals surface area contributed by atoms with Crippen molar-refractivity contribution in [1.82, 2.24) is 0 Å². The molecule has 2 aromatic carbocycles. The van der Waals surface area contributed by atoms with E-state index < -0.39 is 0 Å². The van der Waals surface area contributed by atoms with Crippen LogP contribution in [-0.4, -0.2) is 19.0 Å². The molecular formula is C17H15BrO3. The Labute approximate surface area is 132 Å². The van der Waals surface area contributed by atoms with Crippen LogP contribution in [0.1, 0.15) is 11.1 Å². The van der Waals surface area contributed by atoms with Crippen molar-refractivity contribution in [3.63, 3.8) is 0 Å². The predicted octanol–water partition coefficient (Wildman–Crippen LogP) is 3.57. The standard InChI is InChI=1S/C17H15BrO3/c1-20-13-6-7-14(18)12(8-13)9-15(19)17-10-11-4-2-3-5-16(11)21-17/h2-8,17H,9-10H2,1H3. The molecule has 0 saturated carbocycles. The summed E-state index contributed by atoms with van der Waals surface area (Å²) < 4.78 is 11.9. The number of carbonyl (C=O) groups excluding carboxylic acids is 1. The zero-order valence-electron chi connectivity index (χ0n) is 11.6. The number of para-hydroxylation sites is 1. The van der Waals surface area contributed by atoms with E-state index >= 15 is 0 Å². The number of ether oxygens (including phenoxy) is 2. The van der Waals surface area contributed by atoms with Gasteiger partial charge < -0.3 is 9.47 Å². The number of fused-ring (bicyclic) bond motifs is 1. The van der Waals surface area contributed by atoms with Crippen LogP contribution in [0.4, 0.5) is 0 Å². The van der Waals surface area contributed by atoms with Crippen molar-refractivity contribution in [3.05, 3.63) is 58.1 Å². The number of rotatable bonds is 4. The highest BCUT2D eigenvalue weighted by atomic mass is 79.9. The van der Waals surface area contributed by atoms with Crippen LogP contribution in [0.15, 0.2) is 46.9 Å². The van der Waals surface area contributed by atoms with Gasteiger partial charge in [0.1, 0.15) is 11.5 Å². The Hall–Kier alpha value is -1.81. The summed E-state index contributed by atoms with van der Waals surface area (Å²) in [6.07, 6.45) is 0.591. The van der Waals surface area contributed by atoms with Gasteiger partial charge in [-0.1, -0.05) is 34.1 Å². The normalized spacial score (nSPS) is 16.2. The average molecular weight is 347 g/mol. The maximum Gasteiger partial charge on any atom is 0.178 e. The molecule has 1 unspecified atom stereocenters. The van der Waals surface area contributed by atoms with E-state index in [2.05, 4.69) is 15.9 Å². The van der Waals surface area contributed by atoms with Crippen molar-refractivity contribution in [2.45, 2.75) is 18.9 Å². The van der Waals surface area contributed by atoms with Crippen molar-refractivity contribution in [3.8, 4) is 11.5 Å². The van der Waals surface area contributed by atoms with Crippen molar-refractivity contribution in [2.75, 3.05) is 7.11 Å². The Morgan fingerprint density at radius 2 is 2.14 bits per heavy atom. The van der Waals surface area contributed by atoms with Crippen molar-refractivity contribution >= 4 is 21.7 Å². The monoisotopic (exact) mass is 346 g/mol. The second-order valence-electron chi connectivity index (χ2n) is 5.02. The summed E-state index contributed by atoms with van der Waals surface area (Å²) in [6.45, 7) is 0. The van der Waals surface area contributed by atoms with Gasteiger partial charge >= 0.3 is 0 Å². The minimum absolute atomic E-state index is 0.0835. The van der Waals surface area contributed by atoms with Gasteiger partial charge in [0.05, 0.1) is 7.11 Å². The number of ketones is 1. The lowest BCUT2D eigenvalue weighted by Gasteiger charge is -2.11. The Morgan fingerprint density at radius 3 is 2.90 bits per heavy atom. The van der Waals surface area contributed by atoms with Crippen molar-refractivity contribution < 1.29 is 14.3 Å². The van der Waals surface area contributed by atoms with Gasteiger partial charge in [-0.05, 0) is 35.4 Å². The van der Waals surface area contributed by atoms with Crippen LogP contribution in [0.5, 0.6) is 11.5 Å². The molecular weight excluding hydrogens is 332 g/mol. The molecule has 0 saturated heterocycles. The molecule has 4 heteroatoms. The molecule has 3 nitrogen and oxygen atoms in total. The van der Waals surface area contributed by atoms with E-state index in [9.17, 15) is 4.79 Å². The van der Waals surface area contributed by atoms with E-state index in [0.717, 1.165) is 27.1 Å². The molecule has 1 atom stereocenters. The summed E-state index contributed by atoms with van der Waals surface area (Å²) in [5.41, 5.74) is 2.01. The van der Waals surface area contributed by atoms with Gasteiger partial charge in [-0.25, -0.2) is 0 Å². The maximum atomic E-state index is 12.4. The molecule has 0 aromatic heterocycles. The number of hydrogen-bond donors (Lipinski definition) is 0. The lowest BCUT2D eigenvalue weighted by molar-refractivity contribution is -0.124. The molecule has 0 radical (unpaired) electrons. The highest BCUT2D eigenvalue weighted by molar-refractivity contribution is 9.10. The summed E-state index contributed by atoms with van der Waals surface area (Å²) in [4.78, 5) is 12.4. The Balaban J connectivity index is 1.74. The second-order valence-corrected chi connectivity index (χ2v) is 5.87. The number of carbonyl (C=O) groups is 1. The topological polar surface area (TPSA) is 35.5 Å². The first-order valence-electron chi connectivity index (χ1n) is 6.77. The maximum absolute atomic E-state index is 12.4. The minimum atomic E-state index is -0.388. The summed E-state index contributed by atoms with van der Waals surface area (Å²) in [5.74, 6) is 1.65. The van der Waals surface area contributed by atoms with Gasteiger partial charge in [0.15, 0.2) is 11.9 Å². The Kier molecular flexibility index (Phi) is 3.97. The fourth-order valence-corrected chi connectivity index (χ4v) is 2.86. The molecule has 0 amide bonds. The zero-order valence-corrected chi connectivity index (χ0v) is 13.2. The molecule has 0 fully saturated rings. The van der Waals surface area contributed by atoms with Crippen LogP contribution in [0, 0.1) is 0 Å². The van der Waals surface area contributed by atoms with Gasteiger partial charge in [0.25, 0.3) is 0 Å². The number of hydrogen-bond acceptors (Lipinski definition) is 3. The number of halogens is 1.